The van der Waals surface area contributed by atoms with Crippen LogP contribution in [0.2, 0.25) is 0 Å². The van der Waals surface area contributed by atoms with E-state index in [0.29, 0.717) is 13.1 Å². The SMILES string of the molecule is Cc1ccc(N2CC(C(=O)N3CCCCC(c4ccc(F)cc4)C3)CC2=O)cc1. The fourth-order valence-electron chi connectivity index (χ4n) is 4.45. The summed E-state index contributed by atoms with van der Waals surface area (Å²) in [5, 5.41) is 0. The fourth-order valence-corrected chi connectivity index (χ4v) is 4.45. The lowest BCUT2D eigenvalue weighted by Crippen LogP contribution is -2.39. The topological polar surface area (TPSA) is 40.6 Å². The van der Waals surface area contributed by atoms with Gasteiger partial charge < -0.3 is 9.80 Å². The first-order valence-corrected chi connectivity index (χ1v) is 10.4. The number of amides is 2. The number of likely N-dealkylation sites (tertiary alicyclic amines) is 1. The van der Waals surface area contributed by atoms with Crippen molar-refractivity contribution in [1.29, 1.82) is 0 Å². The molecule has 5 heteroatoms. The molecule has 2 heterocycles. The minimum Gasteiger partial charge on any atom is -0.342 e. The molecule has 0 saturated carbocycles. The van der Waals surface area contributed by atoms with Crippen LogP contribution in [0.4, 0.5) is 10.1 Å². The van der Waals surface area contributed by atoms with Gasteiger partial charge in [0.25, 0.3) is 0 Å². The Labute approximate surface area is 171 Å². The molecule has 2 fully saturated rings. The number of hydrogen-bond acceptors (Lipinski definition) is 2. The van der Waals surface area contributed by atoms with Gasteiger partial charge in [0.15, 0.2) is 0 Å². The molecule has 0 radical (unpaired) electrons. The number of anilines is 1. The van der Waals surface area contributed by atoms with Gasteiger partial charge in [0.05, 0.1) is 5.92 Å². The number of nitrogens with zero attached hydrogens (tertiary/aromatic N) is 2. The van der Waals surface area contributed by atoms with Crippen LogP contribution in [0.15, 0.2) is 48.5 Å². The van der Waals surface area contributed by atoms with Gasteiger partial charge in [-0.25, -0.2) is 4.39 Å². The lowest BCUT2D eigenvalue weighted by molar-refractivity contribution is -0.135. The summed E-state index contributed by atoms with van der Waals surface area (Å²) in [7, 11) is 0. The maximum Gasteiger partial charge on any atom is 0.228 e. The van der Waals surface area contributed by atoms with E-state index in [2.05, 4.69) is 0 Å². The molecular formula is C24H27FN2O2. The van der Waals surface area contributed by atoms with Crippen LogP contribution in [-0.4, -0.2) is 36.3 Å². The van der Waals surface area contributed by atoms with E-state index < -0.39 is 0 Å². The first-order valence-electron chi connectivity index (χ1n) is 10.4. The summed E-state index contributed by atoms with van der Waals surface area (Å²) < 4.78 is 13.3. The fraction of sp³-hybridized carbons (Fsp3) is 0.417. The van der Waals surface area contributed by atoms with E-state index in [-0.39, 0.29) is 35.9 Å². The van der Waals surface area contributed by atoms with Gasteiger partial charge in [-0.15, -0.1) is 0 Å². The number of rotatable bonds is 3. The summed E-state index contributed by atoms with van der Waals surface area (Å²) in [6.45, 7) is 3.82. The summed E-state index contributed by atoms with van der Waals surface area (Å²) in [4.78, 5) is 29.5. The first kappa shape index (κ1) is 19.6. The van der Waals surface area contributed by atoms with Crippen LogP contribution in [0.25, 0.3) is 0 Å². The molecule has 2 atom stereocenters. The van der Waals surface area contributed by atoms with Gasteiger partial charge in [-0.2, -0.15) is 0 Å². The van der Waals surface area contributed by atoms with Gasteiger partial charge in [0.1, 0.15) is 5.82 Å². The molecule has 0 aromatic heterocycles. The van der Waals surface area contributed by atoms with E-state index in [0.717, 1.165) is 42.6 Å². The zero-order valence-corrected chi connectivity index (χ0v) is 16.8. The summed E-state index contributed by atoms with van der Waals surface area (Å²) in [5.41, 5.74) is 3.08. The van der Waals surface area contributed by atoms with Crippen molar-refractivity contribution in [2.45, 2.75) is 38.5 Å². The summed E-state index contributed by atoms with van der Waals surface area (Å²) >= 11 is 0. The number of benzene rings is 2. The lowest BCUT2D eigenvalue weighted by atomic mass is 9.94. The predicted octanol–water partition coefficient (Wildman–Crippen LogP) is 4.28. The zero-order valence-electron chi connectivity index (χ0n) is 16.8. The number of halogens is 1. The van der Waals surface area contributed by atoms with Crippen molar-refractivity contribution in [1.82, 2.24) is 4.90 Å². The second kappa shape index (κ2) is 8.36. The Bertz CT molecular complexity index is 879. The Morgan fingerprint density at radius 3 is 2.45 bits per heavy atom. The number of carbonyl (C=O) groups excluding carboxylic acids is 2. The van der Waals surface area contributed by atoms with Crippen molar-refractivity contribution in [3.8, 4) is 0 Å². The monoisotopic (exact) mass is 394 g/mol. The molecule has 2 unspecified atom stereocenters. The van der Waals surface area contributed by atoms with E-state index in [1.165, 1.54) is 12.1 Å². The molecular weight excluding hydrogens is 367 g/mol. The second-order valence-electron chi connectivity index (χ2n) is 8.27. The molecule has 2 aliphatic rings. The van der Waals surface area contributed by atoms with Crippen molar-refractivity contribution in [3.63, 3.8) is 0 Å². The third kappa shape index (κ3) is 4.34. The molecule has 0 bridgehead atoms. The molecule has 4 nitrogen and oxygen atoms in total. The third-order valence-electron chi connectivity index (χ3n) is 6.14. The maximum atomic E-state index is 13.3. The molecule has 2 amide bonds. The Balaban J connectivity index is 1.46. The minimum atomic E-state index is -0.296. The molecule has 2 aliphatic heterocycles. The van der Waals surface area contributed by atoms with Crippen molar-refractivity contribution >= 4 is 17.5 Å². The average Bonchev–Trinajstić information content (AvgIpc) is 2.95. The van der Waals surface area contributed by atoms with Crippen LogP contribution >= 0.6 is 0 Å². The predicted molar refractivity (Wildman–Crippen MR) is 111 cm³/mol. The minimum absolute atomic E-state index is 0.0112. The summed E-state index contributed by atoms with van der Waals surface area (Å²) in [6.07, 6.45) is 3.27. The first-order chi connectivity index (χ1) is 14.0. The number of hydrogen-bond donors (Lipinski definition) is 0. The quantitative estimate of drug-likeness (QED) is 0.780. The van der Waals surface area contributed by atoms with Gasteiger partial charge in [-0.05, 0) is 49.6 Å². The van der Waals surface area contributed by atoms with E-state index in [1.54, 1.807) is 4.90 Å². The van der Waals surface area contributed by atoms with Gasteiger partial charge in [-0.3, -0.25) is 9.59 Å². The standard InChI is InChI=1S/C24H27FN2O2/c1-17-5-11-22(12-6-17)27-16-20(14-23(27)28)24(29)26-13-3-2-4-19(15-26)18-7-9-21(25)10-8-18/h5-12,19-20H,2-4,13-16H2,1H3. The van der Waals surface area contributed by atoms with E-state index >= 15 is 0 Å². The number of carbonyl (C=O) groups is 2. The highest BCUT2D eigenvalue weighted by Crippen LogP contribution is 2.30. The molecule has 2 saturated heterocycles. The van der Waals surface area contributed by atoms with E-state index in [4.69, 9.17) is 0 Å². The van der Waals surface area contributed by atoms with E-state index in [9.17, 15) is 14.0 Å². The average molecular weight is 394 g/mol. The highest BCUT2D eigenvalue weighted by atomic mass is 19.1. The second-order valence-corrected chi connectivity index (χ2v) is 8.27. The molecule has 0 N–H and O–H groups in total. The highest BCUT2D eigenvalue weighted by Gasteiger charge is 2.38. The summed E-state index contributed by atoms with van der Waals surface area (Å²) in [6, 6.07) is 14.5. The Morgan fingerprint density at radius 1 is 1.00 bits per heavy atom. The van der Waals surface area contributed by atoms with Gasteiger partial charge >= 0.3 is 0 Å². The van der Waals surface area contributed by atoms with Crippen LogP contribution in [0.3, 0.4) is 0 Å². The molecule has 29 heavy (non-hydrogen) atoms. The third-order valence-corrected chi connectivity index (χ3v) is 6.14. The van der Waals surface area contributed by atoms with Crippen LogP contribution in [0, 0.1) is 18.7 Å². The zero-order chi connectivity index (χ0) is 20.4. The highest BCUT2D eigenvalue weighted by molar-refractivity contribution is 6.00. The molecule has 152 valence electrons. The maximum absolute atomic E-state index is 13.3. The molecule has 4 rings (SSSR count). The molecule has 2 aromatic carbocycles. The van der Waals surface area contributed by atoms with Crippen molar-refractivity contribution < 1.29 is 14.0 Å². The van der Waals surface area contributed by atoms with Crippen LogP contribution in [-0.2, 0) is 9.59 Å². The van der Waals surface area contributed by atoms with E-state index in [1.807, 2.05) is 48.2 Å². The number of aryl methyl sites for hydroxylation is 1. The van der Waals surface area contributed by atoms with Gasteiger partial charge in [0.2, 0.25) is 11.8 Å². The smallest absolute Gasteiger partial charge is 0.228 e. The van der Waals surface area contributed by atoms with Crippen LogP contribution < -0.4 is 4.90 Å². The largest absolute Gasteiger partial charge is 0.342 e. The van der Waals surface area contributed by atoms with Crippen LogP contribution in [0.1, 0.15) is 42.7 Å². The van der Waals surface area contributed by atoms with Crippen molar-refractivity contribution in [3.05, 3.63) is 65.5 Å². The van der Waals surface area contributed by atoms with Gasteiger partial charge in [-0.1, -0.05) is 36.2 Å². The normalized spacial score (nSPS) is 22.6. The lowest BCUT2D eigenvalue weighted by Gasteiger charge is -2.27. The molecule has 0 aliphatic carbocycles. The Kier molecular flexibility index (Phi) is 5.65. The Morgan fingerprint density at radius 2 is 1.72 bits per heavy atom. The molecule has 2 aromatic rings. The molecule has 0 spiro atoms. The van der Waals surface area contributed by atoms with Gasteiger partial charge in [0, 0.05) is 37.7 Å². The van der Waals surface area contributed by atoms with Crippen molar-refractivity contribution in [2.24, 2.45) is 5.92 Å². The van der Waals surface area contributed by atoms with Crippen molar-refractivity contribution in [2.75, 3.05) is 24.5 Å². The Hall–Kier alpha value is -2.69. The summed E-state index contributed by atoms with van der Waals surface area (Å²) in [5.74, 6) is -0.238. The van der Waals surface area contributed by atoms with Crippen LogP contribution in [0.5, 0.6) is 0 Å².